The number of nitrogens with one attached hydrogen (secondary N) is 2. The van der Waals surface area contributed by atoms with Crippen LogP contribution in [0.25, 0.3) is 10.9 Å². The number of aromatic nitrogens is 1. The molecule has 1 amide bonds. The summed E-state index contributed by atoms with van der Waals surface area (Å²) >= 11 is 0. The van der Waals surface area contributed by atoms with Gasteiger partial charge in [-0.2, -0.15) is 0 Å². The monoisotopic (exact) mass is 339 g/mol. The Labute approximate surface area is 150 Å². The standard InChI is InChI=1S/C21H29N3O/c1-14-7-8-18-17(12-14)16(15(2)23-18)13-21(25)24-11-9-19-20(24)6-4-3-5-10-22-19/h7-8,12,19-20,22-23H,3-6,9-11,13H2,1-2H3/t19-,20+/m0/s1. The lowest BCUT2D eigenvalue weighted by Crippen LogP contribution is -2.46. The third-order valence-electron chi connectivity index (χ3n) is 6.05. The lowest BCUT2D eigenvalue weighted by molar-refractivity contribution is -0.131. The molecule has 4 heteroatoms. The fourth-order valence-electron chi connectivity index (χ4n) is 4.68. The number of aromatic amines is 1. The van der Waals surface area contributed by atoms with Crippen molar-refractivity contribution in [1.29, 1.82) is 0 Å². The third kappa shape index (κ3) is 3.20. The summed E-state index contributed by atoms with van der Waals surface area (Å²) in [5, 5.41) is 4.88. The molecule has 1 aromatic heterocycles. The zero-order valence-electron chi connectivity index (χ0n) is 15.4. The SMILES string of the molecule is Cc1ccc2[nH]c(C)c(CC(=O)N3CC[C@@H]4NCCCCC[C@H]43)c2c1. The number of aryl methyl sites for hydroxylation is 2. The van der Waals surface area contributed by atoms with Crippen LogP contribution < -0.4 is 5.32 Å². The highest BCUT2D eigenvalue weighted by atomic mass is 16.2. The maximum atomic E-state index is 13.1. The number of likely N-dealkylation sites (tertiary alicyclic amines) is 1. The molecule has 0 aliphatic carbocycles. The van der Waals surface area contributed by atoms with Crippen molar-refractivity contribution in [2.75, 3.05) is 13.1 Å². The highest BCUT2D eigenvalue weighted by Crippen LogP contribution is 2.28. The van der Waals surface area contributed by atoms with Gasteiger partial charge in [-0.15, -0.1) is 0 Å². The van der Waals surface area contributed by atoms with Crippen LogP contribution in [0.2, 0.25) is 0 Å². The minimum absolute atomic E-state index is 0.292. The molecule has 0 spiro atoms. The van der Waals surface area contributed by atoms with E-state index in [1.165, 1.54) is 35.8 Å². The molecule has 1 aromatic carbocycles. The number of benzene rings is 1. The van der Waals surface area contributed by atoms with E-state index in [1.54, 1.807) is 0 Å². The molecule has 2 fully saturated rings. The lowest BCUT2D eigenvalue weighted by atomic mass is 9.98. The Bertz CT molecular complexity index is 779. The summed E-state index contributed by atoms with van der Waals surface area (Å²) in [6, 6.07) is 7.33. The zero-order chi connectivity index (χ0) is 17.4. The second-order valence-electron chi connectivity index (χ2n) is 7.81. The van der Waals surface area contributed by atoms with E-state index >= 15 is 0 Å². The molecular weight excluding hydrogens is 310 g/mol. The molecule has 3 heterocycles. The van der Waals surface area contributed by atoms with Gasteiger partial charge < -0.3 is 15.2 Å². The van der Waals surface area contributed by atoms with E-state index < -0.39 is 0 Å². The first kappa shape index (κ1) is 16.6. The molecule has 0 unspecified atom stereocenters. The Morgan fingerprint density at radius 1 is 1.20 bits per heavy atom. The molecule has 0 bridgehead atoms. The smallest absolute Gasteiger partial charge is 0.227 e. The second-order valence-corrected chi connectivity index (χ2v) is 7.81. The first-order valence-electron chi connectivity index (χ1n) is 9.74. The molecule has 4 nitrogen and oxygen atoms in total. The third-order valence-corrected chi connectivity index (χ3v) is 6.05. The fourth-order valence-corrected chi connectivity index (χ4v) is 4.68. The van der Waals surface area contributed by atoms with Crippen LogP contribution in [0, 0.1) is 13.8 Å². The normalized spacial score (nSPS) is 24.2. The quantitative estimate of drug-likeness (QED) is 0.880. The summed E-state index contributed by atoms with van der Waals surface area (Å²) < 4.78 is 0. The Balaban J connectivity index is 1.56. The molecular formula is C21H29N3O. The van der Waals surface area contributed by atoms with E-state index in [0.29, 0.717) is 24.4 Å². The Morgan fingerprint density at radius 2 is 2.08 bits per heavy atom. The number of fused-ring (bicyclic) bond motifs is 2. The van der Waals surface area contributed by atoms with E-state index in [1.807, 2.05) is 0 Å². The van der Waals surface area contributed by atoms with Crippen LogP contribution in [0.4, 0.5) is 0 Å². The molecule has 2 aliphatic rings. The van der Waals surface area contributed by atoms with Crippen molar-refractivity contribution in [2.45, 2.75) is 64.5 Å². The number of carbonyl (C=O) groups excluding carboxylic acids is 1. The largest absolute Gasteiger partial charge is 0.358 e. The van der Waals surface area contributed by atoms with Gasteiger partial charge >= 0.3 is 0 Å². The minimum Gasteiger partial charge on any atom is -0.358 e. The average Bonchev–Trinajstić information content (AvgIpc) is 3.08. The molecule has 2 atom stereocenters. The Morgan fingerprint density at radius 3 is 2.96 bits per heavy atom. The van der Waals surface area contributed by atoms with Gasteiger partial charge in [-0.3, -0.25) is 4.79 Å². The molecule has 0 radical (unpaired) electrons. The van der Waals surface area contributed by atoms with E-state index in [4.69, 9.17) is 0 Å². The van der Waals surface area contributed by atoms with Crippen molar-refractivity contribution >= 4 is 16.8 Å². The zero-order valence-corrected chi connectivity index (χ0v) is 15.4. The first-order valence-corrected chi connectivity index (χ1v) is 9.74. The van der Waals surface area contributed by atoms with Gasteiger partial charge in [-0.25, -0.2) is 0 Å². The van der Waals surface area contributed by atoms with Gasteiger partial charge in [0.1, 0.15) is 0 Å². The molecule has 2 aromatic rings. The van der Waals surface area contributed by atoms with Gasteiger partial charge in [0.15, 0.2) is 0 Å². The molecule has 2 aliphatic heterocycles. The highest BCUT2D eigenvalue weighted by Gasteiger charge is 2.36. The number of hydrogen-bond acceptors (Lipinski definition) is 2. The number of carbonyl (C=O) groups is 1. The molecule has 0 saturated carbocycles. The van der Waals surface area contributed by atoms with Gasteiger partial charge in [0.25, 0.3) is 0 Å². The van der Waals surface area contributed by atoms with Gasteiger partial charge in [0.2, 0.25) is 5.91 Å². The van der Waals surface area contributed by atoms with Crippen molar-refractivity contribution in [2.24, 2.45) is 0 Å². The van der Waals surface area contributed by atoms with Crippen LogP contribution in [0.15, 0.2) is 18.2 Å². The van der Waals surface area contributed by atoms with E-state index in [-0.39, 0.29) is 0 Å². The van der Waals surface area contributed by atoms with Crippen LogP contribution in [-0.4, -0.2) is 41.0 Å². The summed E-state index contributed by atoms with van der Waals surface area (Å²) in [7, 11) is 0. The molecule has 2 N–H and O–H groups in total. The maximum absolute atomic E-state index is 13.1. The topological polar surface area (TPSA) is 48.1 Å². The number of amides is 1. The summed E-state index contributed by atoms with van der Waals surface area (Å²) in [6.07, 6.45) is 6.55. The van der Waals surface area contributed by atoms with E-state index in [2.05, 4.69) is 47.2 Å². The summed E-state index contributed by atoms with van der Waals surface area (Å²) in [4.78, 5) is 18.7. The predicted octanol–water partition coefficient (Wildman–Crippen LogP) is 3.46. The average molecular weight is 339 g/mol. The lowest BCUT2D eigenvalue weighted by Gasteiger charge is -2.30. The summed E-state index contributed by atoms with van der Waals surface area (Å²) in [6.45, 7) is 6.20. The van der Waals surface area contributed by atoms with Crippen molar-refractivity contribution < 1.29 is 4.79 Å². The Kier molecular flexibility index (Phi) is 4.55. The first-order chi connectivity index (χ1) is 12.1. The van der Waals surface area contributed by atoms with E-state index in [9.17, 15) is 4.79 Å². The van der Waals surface area contributed by atoms with Crippen molar-refractivity contribution in [3.05, 3.63) is 35.0 Å². The fraction of sp³-hybridized carbons (Fsp3) is 0.571. The number of hydrogen-bond donors (Lipinski definition) is 2. The predicted molar refractivity (Wildman–Crippen MR) is 102 cm³/mol. The van der Waals surface area contributed by atoms with Crippen LogP contribution in [0.5, 0.6) is 0 Å². The molecule has 134 valence electrons. The maximum Gasteiger partial charge on any atom is 0.227 e. The van der Waals surface area contributed by atoms with Crippen molar-refractivity contribution in [1.82, 2.24) is 15.2 Å². The summed E-state index contributed by atoms with van der Waals surface area (Å²) in [5.74, 6) is 0.292. The van der Waals surface area contributed by atoms with Gasteiger partial charge in [0.05, 0.1) is 6.42 Å². The number of H-pyrrole nitrogens is 1. The highest BCUT2D eigenvalue weighted by molar-refractivity contribution is 5.90. The summed E-state index contributed by atoms with van der Waals surface area (Å²) in [5.41, 5.74) is 4.68. The van der Waals surface area contributed by atoms with Crippen molar-refractivity contribution in [3.63, 3.8) is 0 Å². The van der Waals surface area contributed by atoms with Gasteiger partial charge in [-0.05, 0) is 57.4 Å². The van der Waals surface area contributed by atoms with Gasteiger partial charge in [-0.1, -0.05) is 24.5 Å². The van der Waals surface area contributed by atoms with Crippen LogP contribution in [0.3, 0.4) is 0 Å². The number of rotatable bonds is 2. The Hall–Kier alpha value is -1.81. The molecule has 2 saturated heterocycles. The molecule has 4 rings (SSSR count). The van der Waals surface area contributed by atoms with Crippen LogP contribution in [0.1, 0.15) is 48.9 Å². The second kappa shape index (κ2) is 6.83. The van der Waals surface area contributed by atoms with Crippen LogP contribution in [-0.2, 0) is 11.2 Å². The van der Waals surface area contributed by atoms with Crippen molar-refractivity contribution in [3.8, 4) is 0 Å². The number of nitrogens with zero attached hydrogens (tertiary/aromatic N) is 1. The minimum atomic E-state index is 0.292. The van der Waals surface area contributed by atoms with E-state index in [0.717, 1.165) is 37.1 Å². The molecule has 25 heavy (non-hydrogen) atoms. The van der Waals surface area contributed by atoms with Crippen LogP contribution >= 0.6 is 0 Å². The van der Waals surface area contributed by atoms with Gasteiger partial charge in [0, 0.05) is 35.2 Å².